The van der Waals surface area contributed by atoms with Gasteiger partial charge in [-0.25, -0.2) is 0 Å². The highest BCUT2D eigenvalue weighted by Gasteiger charge is 2.11. The van der Waals surface area contributed by atoms with Gasteiger partial charge in [0.2, 0.25) is 11.9 Å². The summed E-state index contributed by atoms with van der Waals surface area (Å²) < 4.78 is 10.6. The Bertz CT molecular complexity index is 414. The van der Waals surface area contributed by atoms with Crippen LogP contribution in [0, 0.1) is 0 Å². The predicted molar refractivity (Wildman–Crippen MR) is 83.9 cm³/mol. The molecule has 0 aliphatic heterocycles. The van der Waals surface area contributed by atoms with Gasteiger partial charge in [0.25, 0.3) is 0 Å². The average molecular weight is 297 g/mol. The lowest BCUT2D eigenvalue weighted by Gasteiger charge is -2.15. The molecule has 1 aromatic heterocycles. The molecule has 1 heterocycles. The summed E-state index contributed by atoms with van der Waals surface area (Å²) in [7, 11) is 1.69. The zero-order valence-corrected chi connectivity index (χ0v) is 13.6. The van der Waals surface area contributed by atoms with Crippen molar-refractivity contribution in [2.45, 2.75) is 52.7 Å². The minimum Gasteiger partial charge on any atom is -0.461 e. The average Bonchev–Trinajstić information content (AvgIpc) is 2.42. The monoisotopic (exact) mass is 297 g/mol. The fourth-order valence-corrected chi connectivity index (χ4v) is 1.59. The Morgan fingerprint density at radius 3 is 2.43 bits per heavy atom. The van der Waals surface area contributed by atoms with Crippen LogP contribution in [0.15, 0.2) is 0 Å². The summed E-state index contributed by atoms with van der Waals surface area (Å²) >= 11 is 0. The first kappa shape index (κ1) is 17.4. The molecule has 0 aliphatic carbocycles. The van der Waals surface area contributed by atoms with Crippen molar-refractivity contribution in [1.82, 2.24) is 15.0 Å². The topological polar surface area (TPSA) is 81.2 Å². The second-order valence-electron chi connectivity index (χ2n) is 5.19. The minimum absolute atomic E-state index is 0.0187. The van der Waals surface area contributed by atoms with E-state index < -0.39 is 0 Å². The SMILES string of the molecule is CCCNc1nc(NC(C)CCOC)nc(OC(C)C)n1. The number of hydrogen-bond acceptors (Lipinski definition) is 7. The predicted octanol–water partition coefficient (Wildman–Crippen LogP) is 2.32. The van der Waals surface area contributed by atoms with Crippen LogP contribution in [0.1, 0.15) is 40.5 Å². The molecule has 0 amide bonds. The fraction of sp³-hybridized carbons (Fsp3) is 0.786. The van der Waals surface area contributed by atoms with Gasteiger partial charge in [0.05, 0.1) is 6.10 Å². The molecule has 0 aliphatic rings. The molecule has 1 rings (SSSR count). The van der Waals surface area contributed by atoms with Crippen molar-refractivity contribution < 1.29 is 9.47 Å². The second-order valence-corrected chi connectivity index (χ2v) is 5.19. The van der Waals surface area contributed by atoms with E-state index in [9.17, 15) is 0 Å². The number of methoxy groups -OCH3 is 1. The van der Waals surface area contributed by atoms with E-state index in [1.807, 2.05) is 13.8 Å². The number of anilines is 2. The van der Waals surface area contributed by atoms with Crippen LogP contribution in [0.5, 0.6) is 6.01 Å². The molecule has 1 aromatic rings. The van der Waals surface area contributed by atoms with Gasteiger partial charge < -0.3 is 20.1 Å². The van der Waals surface area contributed by atoms with Gasteiger partial charge in [-0.2, -0.15) is 15.0 Å². The Balaban J connectivity index is 2.79. The van der Waals surface area contributed by atoms with Gasteiger partial charge in [0, 0.05) is 26.3 Å². The summed E-state index contributed by atoms with van der Waals surface area (Å²) in [6.07, 6.45) is 1.89. The Labute approximate surface area is 126 Å². The number of rotatable bonds is 10. The molecule has 7 heteroatoms. The zero-order valence-electron chi connectivity index (χ0n) is 13.6. The largest absolute Gasteiger partial charge is 0.461 e. The van der Waals surface area contributed by atoms with Crippen molar-refractivity contribution in [3.8, 4) is 6.01 Å². The van der Waals surface area contributed by atoms with Crippen LogP contribution in [-0.4, -0.2) is 47.4 Å². The van der Waals surface area contributed by atoms with E-state index in [1.54, 1.807) is 7.11 Å². The standard InChI is InChI=1S/C14H27N5O2/c1-6-8-15-12-17-13(16-11(4)7-9-20-5)19-14(18-12)21-10(2)3/h10-11H,6-9H2,1-5H3,(H2,15,16,17,18,19). The number of aromatic nitrogens is 3. The Hall–Kier alpha value is -1.63. The van der Waals surface area contributed by atoms with Gasteiger partial charge in [-0.15, -0.1) is 0 Å². The molecule has 2 N–H and O–H groups in total. The number of nitrogens with zero attached hydrogens (tertiary/aromatic N) is 3. The first-order valence-electron chi connectivity index (χ1n) is 7.47. The van der Waals surface area contributed by atoms with Crippen molar-refractivity contribution in [3.63, 3.8) is 0 Å². The van der Waals surface area contributed by atoms with Crippen LogP contribution in [-0.2, 0) is 4.74 Å². The van der Waals surface area contributed by atoms with Gasteiger partial charge in [-0.3, -0.25) is 0 Å². The number of ether oxygens (including phenoxy) is 2. The first-order chi connectivity index (χ1) is 10.0. The van der Waals surface area contributed by atoms with Gasteiger partial charge in [-0.05, 0) is 33.6 Å². The van der Waals surface area contributed by atoms with E-state index >= 15 is 0 Å². The maximum absolute atomic E-state index is 5.57. The van der Waals surface area contributed by atoms with Crippen molar-refractivity contribution in [1.29, 1.82) is 0 Å². The molecule has 0 saturated carbocycles. The van der Waals surface area contributed by atoms with Crippen molar-refractivity contribution >= 4 is 11.9 Å². The van der Waals surface area contributed by atoms with E-state index in [-0.39, 0.29) is 12.1 Å². The van der Waals surface area contributed by atoms with E-state index in [0.29, 0.717) is 24.5 Å². The summed E-state index contributed by atoms with van der Waals surface area (Å²) in [5, 5.41) is 6.40. The normalized spacial score (nSPS) is 12.3. The maximum atomic E-state index is 5.57. The molecule has 120 valence electrons. The third kappa shape index (κ3) is 7.08. The van der Waals surface area contributed by atoms with E-state index in [1.165, 1.54) is 0 Å². The quantitative estimate of drug-likeness (QED) is 0.686. The van der Waals surface area contributed by atoms with Crippen molar-refractivity contribution in [3.05, 3.63) is 0 Å². The van der Waals surface area contributed by atoms with Crippen LogP contribution in [0.3, 0.4) is 0 Å². The molecule has 0 aromatic carbocycles. The molecule has 0 spiro atoms. The zero-order chi connectivity index (χ0) is 15.7. The smallest absolute Gasteiger partial charge is 0.323 e. The molecule has 7 nitrogen and oxygen atoms in total. The van der Waals surface area contributed by atoms with Gasteiger partial charge in [0.1, 0.15) is 0 Å². The van der Waals surface area contributed by atoms with E-state index in [2.05, 4.69) is 39.4 Å². The molecule has 0 bridgehead atoms. The summed E-state index contributed by atoms with van der Waals surface area (Å²) in [4.78, 5) is 12.9. The lowest BCUT2D eigenvalue weighted by Crippen LogP contribution is -2.20. The minimum atomic E-state index is 0.0187. The third-order valence-corrected chi connectivity index (χ3v) is 2.62. The Morgan fingerprint density at radius 2 is 1.81 bits per heavy atom. The van der Waals surface area contributed by atoms with Gasteiger partial charge in [-0.1, -0.05) is 6.92 Å². The molecule has 1 unspecified atom stereocenters. The third-order valence-electron chi connectivity index (χ3n) is 2.62. The first-order valence-corrected chi connectivity index (χ1v) is 7.47. The lowest BCUT2D eigenvalue weighted by molar-refractivity contribution is 0.191. The summed E-state index contributed by atoms with van der Waals surface area (Å²) in [6, 6.07) is 0.540. The molecule has 21 heavy (non-hydrogen) atoms. The van der Waals surface area contributed by atoms with E-state index in [0.717, 1.165) is 19.4 Å². The molecule has 0 radical (unpaired) electrons. The van der Waals surface area contributed by atoms with Gasteiger partial charge in [0.15, 0.2) is 0 Å². The lowest BCUT2D eigenvalue weighted by atomic mass is 10.2. The molecular weight excluding hydrogens is 270 g/mol. The highest BCUT2D eigenvalue weighted by Crippen LogP contribution is 2.14. The molecule has 0 saturated heterocycles. The fourth-order valence-electron chi connectivity index (χ4n) is 1.59. The highest BCUT2D eigenvalue weighted by molar-refractivity contribution is 5.36. The van der Waals surface area contributed by atoms with Gasteiger partial charge >= 0.3 is 6.01 Å². The van der Waals surface area contributed by atoms with Crippen LogP contribution in [0.25, 0.3) is 0 Å². The van der Waals surface area contributed by atoms with E-state index in [4.69, 9.17) is 9.47 Å². The maximum Gasteiger partial charge on any atom is 0.323 e. The summed E-state index contributed by atoms with van der Waals surface area (Å²) in [6.45, 7) is 9.53. The van der Waals surface area contributed by atoms with Crippen LogP contribution in [0.4, 0.5) is 11.9 Å². The second kappa shape index (κ2) is 9.33. The molecule has 1 atom stereocenters. The number of nitrogens with one attached hydrogen (secondary N) is 2. The number of hydrogen-bond donors (Lipinski definition) is 2. The highest BCUT2D eigenvalue weighted by atomic mass is 16.5. The molecule has 0 fully saturated rings. The summed E-state index contributed by atoms with van der Waals surface area (Å²) in [5.41, 5.74) is 0. The summed E-state index contributed by atoms with van der Waals surface area (Å²) in [5.74, 6) is 1.05. The Morgan fingerprint density at radius 1 is 1.10 bits per heavy atom. The van der Waals surface area contributed by atoms with Crippen molar-refractivity contribution in [2.24, 2.45) is 0 Å². The Kier molecular flexibility index (Phi) is 7.74. The molecular formula is C14H27N5O2. The van der Waals surface area contributed by atoms with Crippen LogP contribution >= 0.6 is 0 Å². The van der Waals surface area contributed by atoms with Crippen LogP contribution in [0.2, 0.25) is 0 Å². The van der Waals surface area contributed by atoms with Crippen LogP contribution < -0.4 is 15.4 Å². The van der Waals surface area contributed by atoms with Crippen molar-refractivity contribution in [2.75, 3.05) is 30.9 Å².